The SMILES string of the molecule is CCOC(=O)[C@@H]1CC(=O)N(S(=O)(=O)c2ccc(C)cc2)Cc2ccccc2C1(C(=O)OC)C(=O)OC. The van der Waals surface area contributed by atoms with Gasteiger partial charge >= 0.3 is 17.9 Å². The van der Waals surface area contributed by atoms with Crippen molar-refractivity contribution in [3.05, 3.63) is 65.2 Å². The minimum Gasteiger partial charge on any atom is -0.468 e. The molecule has 1 aliphatic heterocycles. The van der Waals surface area contributed by atoms with Gasteiger partial charge in [0, 0.05) is 6.42 Å². The van der Waals surface area contributed by atoms with Crippen LogP contribution in [0.4, 0.5) is 0 Å². The summed E-state index contributed by atoms with van der Waals surface area (Å²) in [7, 11) is -2.29. The third-order valence-corrected chi connectivity index (χ3v) is 7.91. The predicted molar refractivity (Wildman–Crippen MR) is 126 cm³/mol. The van der Waals surface area contributed by atoms with Gasteiger partial charge < -0.3 is 14.2 Å². The van der Waals surface area contributed by atoms with Crippen molar-refractivity contribution < 1.29 is 41.8 Å². The molecule has 0 fully saturated rings. The van der Waals surface area contributed by atoms with Crippen LogP contribution in [0.5, 0.6) is 0 Å². The van der Waals surface area contributed by atoms with Gasteiger partial charge in [-0.15, -0.1) is 0 Å². The van der Waals surface area contributed by atoms with Gasteiger partial charge in [-0.2, -0.15) is 0 Å². The molecule has 36 heavy (non-hydrogen) atoms. The van der Waals surface area contributed by atoms with Crippen molar-refractivity contribution >= 4 is 33.8 Å². The number of hydrogen-bond donors (Lipinski definition) is 0. The quantitative estimate of drug-likeness (QED) is 0.320. The van der Waals surface area contributed by atoms with Crippen LogP contribution >= 0.6 is 0 Å². The first-order valence-electron chi connectivity index (χ1n) is 11.1. The highest BCUT2D eigenvalue weighted by atomic mass is 32.2. The van der Waals surface area contributed by atoms with Crippen molar-refractivity contribution in [3.63, 3.8) is 0 Å². The standard InChI is InChI=1S/C25H27NO9S/c1-5-35-22(28)20-14-21(27)26(36(31,32)18-12-10-16(2)11-13-18)15-17-8-6-7-9-19(17)25(20,23(29)33-3)24(30)34-4/h6-13,20H,5,14-15H2,1-4H3/t20-/m0/s1. The summed E-state index contributed by atoms with van der Waals surface area (Å²) < 4.78 is 42.7. The molecule has 0 spiro atoms. The first-order valence-corrected chi connectivity index (χ1v) is 12.5. The Labute approximate surface area is 209 Å². The Balaban J connectivity index is 2.34. The number of fused-ring (bicyclic) bond motifs is 1. The number of amides is 1. The van der Waals surface area contributed by atoms with Gasteiger partial charge in [-0.3, -0.25) is 19.2 Å². The zero-order valence-electron chi connectivity index (χ0n) is 20.3. The highest BCUT2D eigenvalue weighted by Gasteiger charge is 2.62. The molecule has 1 aliphatic rings. The minimum absolute atomic E-state index is 0.0154. The van der Waals surface area contributed by atoms with Gasteiger partial charge in [-0.05, 0) is 37.1 Å². The minimum atomic E-state index is -4.36. The lowest BCUT2D eigenvalue weighted by Crippen LogP contribution is -2.57. The molecule has 0 radical (unpaired) electrons. The van der Waals surface area contributed by atoms with Crippen LogP contribution < -0.4 is 0 Å². The summed E-state index contributed by atoms with van der Waals surface area (Å²) in [4.78, 5) is 53.2. The summed E-state index contributed by atoms with van der Waals surface area (Å²) in [6.07, 6.45) is -0.831. The van der Waals surface area contributed by atoms with E-state index in [4.69, 9.17) is 14.2 Å². The van der Waals surface area contributed by atoms with Crippen molar-refractivity contribution in [2.24, 2.45) is 5.92 Å². The van der Waals surface area contributed by atoms with E-state index in [0.717, 1.165) is 19.8 Å². The van der Waals surface area contributed by atoms with Crippen LogP contribution in [-0.2, 0) is 55.4 Å². The second-order valence-corrected chi connectivity index (χ2v) is 10.0. The summed E-state index contributed by atoms with van der Waals surface area (Å²) in [5.74, 6) is -6.08. The molecular formula is C25H27NO9S. The van der Waals surface area contributed by atoms with Crippen LogP contribution in [-0.4, -0.2) is 57.4 Å². The summed E-state index contributed by atoms with van der Waals surface area (Å²) in [5.41, 5.74) is -1.45. The lowest BCUT2D eigenvalue weighted by molar-refractivity contribution is -0.174. The van der Waals surface area contributed by atoms with E-state index in [1.807, 2.05) is 0 Å². The molecular weight excluding hydrogens is 490 g/mol. The summed E-state index contributed by atoms with van der Waals surface area (Å²) >= 11 is 0. The Morgan fingerprint density at radius 1 is 1.00 bits per heavy atom. The number of ether oxygens (including phenoxy) is 3. The Morgan fingerprint density at radius 3 is 2.14 bits per heavy atom. The summed E-state index contributed by atoms with van der Waals surface area (Å²) in [6.45, 7) is 2.70. The Kier molecular flexibility index (Phi) is 7.83. The number of rotatable bonds is 6. The molecule has 0 saturated heterocycles. The number of methoxy groups -OCH3 is 2. The molecule has 2 aromatic carbocycles. The molecule has 192 valence electrons. The van der Waals surface area contributed by atoms with E-state index in [1.165, 1.54) is 37.3 Å². The molecule has 0 unspecified atom stereocenters. The zero-order chi connectivity index (χ0) is 26.7. The van der Waals surface area contributed by atoms with E-state index in [0.29, 0.717) is 4.31 Å². The number of hydrogen-bond acceptors (Lipinski definition) is 9. The fourth-order valence-corrected chi connectivity index (χ4v) is 5.76. The summed E-state index contributed by atoms with van der Waals surface area (Å²) in [6, 6.07) is 11.9. The number of sulfonamides is 1. The second-order valence-electron chi connectivity index (χ2n) is 8.18. The van der Waals surface area contributed by atoms with Gasteiger partial charge in [-0.25, -0.2) is 12.7 Å². The highest BCUT2D eigenvalue weighted by Crippen LogP contribution is 2.43. The molecule has 0 aromatic heterocycles. The van der Waals surface area contributed by atoms with E-state index in [9.17, 15) is 27.6 Å². The first kappa shape index (κ1) is 26.9. The normalized spacial score (nSPS) is 17.3. The Bertz CT molecular complexity index is 1270. The average molecular weight is 518 g/mol. The first-order chi connectivity index (χ1) is 17.0. The molecule has 0 saturated carbocycles. The molecule has 0 bridgehead atoms. The molecule has 11 heteroatoms. The van der Waals surface area contributed by atoms with Gasteiger partial charge in [0.25, 0.3) is 10.0 Å². The maximum absolute atomic E-state index is 13.5. The van der Waals surface area contributed by atoms with Gasteiger partial charge in [0.1, 0.15) is 0 Å². The lowest BCUT2D eigenvalue weighted by Gasteiger charge is -2.38. The van der Waals surface area contributed by atoms with E-state index in [2.05, 4.69) is 0 Å². The Hall–Kier alpha value is -3.73. The van der Waals surface area contributed by atoms with Gasteiger partial charge in [0.05, 0.1) is 38.2 Å². The maximum Gasteiger partial charge on any atom is 0.328 e. The van der Waals surface area contributed by atoms with E-state index >= 15 is 0 Å². The largest absolute Gasteiger partial charge is 0.468 e. The van der Waals surface area contributed by atoms with Crippen LogP contribution in [0.1, 0.15) is 30.0 Å². The Morgan fingerprint density at radius 2 is 1.58 bits per heavy atom. The van der Waals surface area contributed by atoms with Gasteiger partial charge in [0.2, 0.25) is 11.3 Å². The molecule has 10 nitrogen and oxygen atoms in total. The molecule has 0 N–H and O–H groups in total. The molecule has 1 heterocycles. The van der Waals surface area contributed by atoms with Crippen LogP contribution in [0.15, 0.2) is 53.4 Å². The third kappa shape index (κ3) is 4.46. The number of nitrogens with zero attached hydrogens (tertiary/aromatic N) is 1. The summed E-state index contributed by atoms with van der Waals surface area (Å²) in [5, 5.41) is 0. The topological polar surface area (TPSA) is 133 Å². The third-order valence-electron chi connectivity index (χ3n) is 6.13. The van der Waals surface area contributed by atoms with Gasteiger partial charge in [-0.1, -0.05) is 42.0 Å². The molecule has 2 aromatic rings. The second kappa shape index (κ2) is 10.5. The van der Waals surface area contributed by atoms with Crippen LogP contribution in [0.3, 0.4) is 0 Å². The number of aryl methyl sites for hydroxylation is 1. The van der Waals surface area contributed by atoms with E-state index in [-0.39, 0.29) is 22.6 Å². The van der Waals surface area contributed by atoms with Gasteiger partial charge in [0.15, 0.2) is 0 Å². The number of carbonyl (C=O) groups excluding carboxylic acids is 4. The van der Waals surface area contributed by atoms with Crippen LogP contribution in [0.25, 0.3) is 0 Å². The maximum atomic E-state index is 13.5. The predicted octanol–water partition coefficient (Wildman–Crippen LogP) is 1.88. The molecule has 0 aliphatic carbocycles. The van der Waals surface area contributed by atoms with Crippen LogP contribution in [0, 0.1) is 12.8 Å². The molecule has 3 rings (SSSR count). The van der Waals surface area contributed by atoms with E-state index in [1.54, 1.807) is 25.1 Å². The number of esters is 3. The lowest BCUT2D eigenvalue weighted by atomic mass is 9.66. The van der Waals surface area contributed by atoms with Crippen molar-refractivity contribution in [3.8, 4) is 0 Å². The number of carbonyl (C=O) groups is 4. The van der Waals surface area contributed by atoms with Crippen molar-refractivity contribution in [1.29, 1.82) is 0 Å². The monoisotopic (exact) mass is 517 g/mol. The molecule has 1 atom stereocenters. The van der Waals surface area contributed by atoms with Crippen molar-refractivity contribution in [2.45, 2.75) is 37.1 Å². The fraction of sp³-hybridized carbons (Fsp3) is 0.360. The van der Waals surface area contributed by atoms with E-state index < -0.39 is 58.1 Å². The highest BCUT2D eigenvalue weighted by molar-refractivity contribution is 7.89. The zero-order valence-corrected chi connectivity index (χ0v) is 21.2. The fourth-order valence-electron chi connectivity index (χ4n) is 4.37. The average Bonchev–Trinajstić information content (AvgIpc) is 2.86. The smallest absolute Gasteiger partial charge is 0.328 e. The number of benzene rings is 2. The van der Waals surface area contributed by atoms with Crippen LogP contribution in [0.2, 0.25) is 0 Å². The van der Waals surface area contributed by atoms with Crippen molar-refractivity contribution in [1.82, 2.24) is 4.31 Å². The molecule has 1 amide bonds. The van der Waals surface area contributed by atoms with Crippen molar-refractivity contribution in [2.75, 3.05) is 20.8 Å².